The van der Waals surface area contributed by atoms with Gasteiger partial charge in [-0.15, -0.1) is 0 Å². The Hall–Kier alpha value is -4.91. The van der Waals surface area contributed by atoms with Gasteiger partial charge in [0.2, 0.25) is 0 Å². The lowest BCUT2D eigenvalue weighted by Crippen LogP contribution is -2.48. The highest BCUT2D eigenvalue weighted by molar-refractivity contribution is 6.32. The summed E-state index contributed by atoms with van der Waals surface area (Å²) in [6.45, 7) is 0. The third-order valence-corrected chi connectivity index (χ3v) is 8.62. The summed E-state index contributed by atoms with van der Waals surface area (Å²) in [5.41, 5.74) is 0.716. The summed E-state index contributed by atoms with van der Waals surface area (Å²) in [4.78, 5) is 45.5. The van der Waals surface area contributed by atoms with Gasteiger partial charge in [0.05, 0.1) is 13.2 Å². The molecule has 0 N–H and O–H groups in total. The van der Waals surface area contributed by atoms with Crippen molar-refractivity contribution >= 4 is 29.1 Å². The first-order valence-corrected chi connectivity index (χ1v) is 13.2. The predicted octanol–water partition coefficient (Wildman–Crippen LogP) is 6.29. The molecule has 7 heteroatoms. The molecule has 5 nitrogen and oxygen atoms in total. The first-order chi connectivity index (χ1) is 19.9. The number of carbonyl (C=O) groups is 3. The fourth-order valence-electron chi connectivity index (χ4n) is 6.94. The van der Waals surface area contributed by atoms with Crippen molar-refractivity contribution in [2.45, 2.75) is 18.0 Å². The van der Waals surface area contributed by atoms with Crippen molar-refractivity contribution in [2.75, 3.05) is 12.0 Å². The van der Waals surface area contributed by atoms with Crippen molar-refractivity contribution < 1.29 is 27.9 Å². The summed E-state index contributed by atoms with van der Waals surface area (Å²) in [6.07, 6.45) is 3.42. The lowest BCUT2D eigenvalue weighted by Gasteiger charge is -2.37. The van der Waals surface area contributed by atoms with Gasteiger partial charge >= 0.3 is 0 Å². The van der Waals surface area contributed by atoms with Crippen LogP contribution in [0.2, 0.25) is 0 Å². The second-order valence-electron chi connectivity index (χ2n) is 10.6. The van der Waals surface area contributed by atoms with E-state index in [1.807, 2.05) is 0 Å². The zero-order valence-electron chi connectivity index (χ0n) is 21.9. The third-order valence-electron chi connectivity index (χ3n) is 8.62. The highest BCUT2D eigenvalue weighted by Crippen LogP contribution is 2.61. The minimum Gasteiger partial charge on any atom is -0.497 e. The van der Waals surface area contributed by atoms with Gasteiger partial charge < -0.3 is 9.64 Å². The number of benzene rings is 4. The number of rotatable bonds is 4. The summed E-state index contributed by atoms with van der Waals surface area (Å²) >= 11 is 0. The Morgan fingerprint density at radius 2 is 1.51 bits per heavy atom. The highest BCUT2D eigenvalue weighted by atomic mass is 19.1. The van der Waals surface area contributed by atoms with Gasteiger partial charge in [-0.3, -0.25) is 14.4 Å². The van der Waals surface area contributed by atoms with E-state index in [0.29, 0.717) is 28.1 Å². The van der Waals surface area contributed by atoms with E-state index in [9.17, 15) is 23.2 Å². The van der Waals surface area contributed by atoms with Crippen molar-refractivity contribution in [1.82, 2.24) is 0 Å². The van der Waals surface area contributed by atoms with Crippen LogP contribution < -0.4 is 9.64 Å². The maximum absolute atomic E-state index is 14.6. The van der Waals surface area contributed by atoms with E-state index in [1.54, 1.807) is 71.6 Å². The van der Waals surface area contributed by atoms with Gasteiger partial charge in [-0.1, -0.05) is 60.7 Å². The second-order valence-corrected chi connectivity index (χ2v) is 10.6. The monoisotopic (exact) mass is 547 g/mol. The van der Waals surface area contributed by atoms with E-state index < -0.39 is 46.6 Å². The molecular formula is C34H23F2NO4. The molecule has 0 unspecified atom stereocenters. The largest absolute Gasteiger partial charge is 0.497 e. The summed E-state index contributed by atoms with van der Waals surface area (Å²) < 4.78 is 33.9. The summed E-state index contributed by atoms with van der Waals surface area (Å²) in [7, 11) is 1.50. The number of fused-ring (bicyclic) bond motifs is 5. The zero-order chi connectivity index (χ0) is 28.5. The zero-order valence-corrected chi connectivity index (χ0v) is 21.9. The maximum Gasteiger partial charge on any atom is 0.186 e. The van der Waals surface area contributed by atoms with E-state index >= 15 is 0 Å². The first kappa shape index (κ1) is 25.1. The van der Waals surface area contributed by atoms with Crippen LogP contribution in [0.4, 0.5) is 14.5 Å². The Balaban J connectivity index is 1.54. The molecule has 202 valence electrons. The summed E-state index contributed by atoms with van der Waals surface area (Å²) in [6, 6.07) is 21.3. The normalized spacial score (nSPS) is 21.5. The number of ketones is 3. The van der Waals surface area contributed by atoms with Crippen molar-refractivity contribution in [2.24, 2.45) is 5.41 Å². The molecule has 0 bridgehead atoms. The second kappa shape index (κ2) is 9.06. The molecule has 7 rings (SSSR count). The fourth-order valence-corrected chi connectivity index (χ4v) is 6.94. The van der Waals surface area contributed by atoms with Crippen LogP contribution in [0, 0.1) is 17.0 Å². The molecule has 2 heterocycles. The van der Waals surface area contributed by atoms with Crippen molar-refractivity contribution in [3.05, 3.63) is 137 Å². The van der Waals surface area contributed by atoms with E-state index in [0.717, 1.165) is 0 Å². The van der Waals surface area contributed by atoms with Crippen molar-refractivity contribution in [3.8, 4) is 5.75 Å². The standard InChI is InChI=1S/C34H23F2NO4/c1-41-24-6-4-5-21(18-24)31(38)30-29(19-9-12-22(35)13-10-19)34(32(39)25-7-2-3-8-26(25)33(34)40)28-16-11-20-17-23(36)14-15-27(20)37(28)30/h2-18,28-30H,1H3/t28-,29-,30+/m0/s1. The average molecular weight is 548 g/mol. The molecule has 4 aromatic rings. The minimum atomic E-state index is -1.72. The van der Waals surface area contributed by atoms with Crippen LogP contribution in [0.25, 0.3) is 6.08 Å². The Labute approximate surface area is 234 Å². The topological polar surface area (TPSA) is 63.7 Å². The third kappa shape index (κ3) is 3.41. The number of halogens is 2. The molecule has 3 atom stereocenters. The van der Waals surface area contributed by atoms with Crippen LogP contribution in [0.1, 0.15) is 48.1 Å². The highest BCUT2D eigenvalue weighted by Gasteiger charge is 2.71. The number of ether oxygens (including phenoxy) is 1. The predicted molar refractivity (Wildman–Crippen MR) is 149 cm³/mol. The van der Waals surface area contributed by atoms with Gasteiger partial charge in [0.1, 0.15) is 28.8 Å². The van der Waals surface area contributed by atoms with Crippen molar-refractivity contribution in [1.29, 1.82) is 0 Å². The number of carbonyl (C=O) groups excluding carboxylic acids is 3. The van der Waals surface area contributed by atoms with Gasteiger partial charge in [0, 0.05) is 33.9 Å². The molecule has 0 aromatic heterocycles. The smallest absolute Gasteiger partial charge is 0.186 e. The Morgan fingerprint density at radius 3 is 2.20 bits per heavy atom. The molecule has 2 aliphatic heterocycles. The molecule has 41 heavy (non-hydrogen) atoms. The molecule has 0 radical (unpaired) electrons. The van der Waals surface area contributed by atoms with Crippen molar-refractivity contribution in [3.63, 3.8) is 0 Å². The SMILES string of the molecule is COc1cccc(C(=O)[C@H]2[C@H](c3ccc(F)cc3)C3(C(=O)c4ccccc4C3=O)[C@@H]3C=Cc4cc(F)ccc4N32)c1. The van der Waals surface area contributed by atoms with Gasteiger partial charge in [-0.25, -0.2) is 8.78 Å². The van der Waals surface area contributed by atoms with Gasteiger partial charge in [0.25, 0.3) is 0 Å². The molecule has 1 spiro atoms. The quantitative estimate of drug-likeness (QED) is 0.222. The van der Waals surface area contributed by atoms with Crippen LogP contribution in [0.15, 0.2) is 97.1 Å². The van der Waals surface area contributed by atoms with Crippen LogP contribution >= 0.6 is 0 Å². The van der Waals surface area contributed by atoms with E-state index in [4.69, 9.17) is 4.74 Å². The number of anilines is 1. The lowest BCUT2D eigenvalue weighted by atomic mass is 9.64. The van der Waals surface area contributed by atoms with E-state index in [2.05, 4.69) is 0 Å². The first-order valence-electron chi connectivity index (χ1n) is 13.2. The van der Waals surface area contributed by atoms with Crippen LogP contribution in [0.3, 0.4) is 0 Å². The number of methoxy groups -OCH3 is 1. The molecule has 0 saturated carbocycles. The number of Topliss-reactive ketones (excluding diaryl/α,β-unsaturated/α-hetero) is 3. The minimum absolute atomic E-state index is 0.289. The van der Waals surface area contributed by atoms with Crippen LogP contribution in [0.5, 0.6) is 5.75 Å². The van der Waals surface area contributed by atoms with Gasteiger partial charge in [0.15, 0.2) is 17.3 Å². The molecule has 1 aliphatic carbocycles. The summed E-state index contributed by atoms with van der Waals surface area (Å²) in [5.74, 6) is -2.58. The van der Waals surface area contributed by atoms with E-state index in [-0.39, 0.29) is 16.9 Å². The maximum atomic E-state index is 14.6. The Bertz CT molecular complexity index is 1760. The molecule has 0 amide bonds. The lowest BCUT2D eigenvalue weighted by molar-refractivity contribution is 0.0666. The summed E-state index contributed by atoms with van der Waals surface area (Å²) in [5, 5.41) is 0. The van der Waals surface area contributed by atoms with E-state index in [1.165, 1.54) is 43.5 Å². The molecule has 4 aromatic carbocycles. The number of hydrogen-bond acceptors (Lipinski definition) is 5. The molecule has 3 aliphatic rings. The molecular weight excluding hydrogens is 524 g/mol. The Morgan fingerprint density at radius 1 is 0.829 bits per heavy atom. The average Bonchev–Trinajstić information content (AvgIpc) is 3.43. The number of nitrogens with zero attached hydrogens (tertiary/aromatic N) is 1. The van der Waals surface area contributed by atoms with Gasteiger partial charge in [-0.2, -0.15) is 0 Å². The van der Waals surface area contributed by atoms with Gasteiger partial charge in [-0.05, 0) is 48.0 Å². The van der Waals surface area contributed by atoms with Crippen LogP contribution in [-0.4, -0.2) is 36.5 Å². The Kier molecular flexibility index (Phi) is 5.54. The fraction of sp³-hybridized carbons (Fsp3) is 0.147. The number of hydrogen-bond donors (Lipinski definition) is 0. The molecule has 1 fully saturated rings. The van der Waals surface area contributed by atoms with Crippen LogP contribution in [-0.2, 0) is 0 Å². The molecule has 1 saturated heterocycles.